The van der Waals surface area contributed by atoms with Crippen LogP contribution in [0.3, 0.4) is 0 Å². The van der Waals surface area contributed by atoms with Crippen molar-refractivity contribution in [2.75, 3.05) is 13.1 Å². The lowest BCUT2D eigenvalue weighted by Gasteiger charge is -2.31. The molecule has 1 aliphatic heterocycles. The van der Waals surface area contributed by atoms with Gasteiger partial charge in [0.05, 0.1) is 15.7 Å². The molecule has 0 unspecified atom stereocenters. The first kappa shape index (κ1) is 25.0. The minimum absolute atomic E-state index is 0.248. The van der Waals surface area contributed by atoms with Gasteiger partial charge in [-0.15, -0.1) is 0 Å². The third-order valence-corrected chi connectivity index (χ3v) is 8.89. The summed E-state index contributed by atoms with van der Waals surface area (Å²) in [5, 5.41) is 0.471. The maximum absolute atomic E-state index is 13.2. The first-order valence-corrected chi connectivity index (χ1v) is 13.0. The molecule has 0 aliphatic carbocycles. The van der Waals surface area contributed by atoms with Gasteiger partial charge >= 0.3 is 6.18 Å². The van der Waals surface area contributed by atoms with E-state index in [1.165, 1.54) is 6.07 Å². The van der Waals surface area contributed by atoms with E-state index in [0.29, 0.717) is 48.1 Å². The zero-order valence-electron chi connectivity index (χ0n) is 18.0. The van der Waals surface area contributed by atoms with E-state index < -0.39 is 26.8 Å². The summed E-state index contributed by atoms with van der Waals surface area (Å²) in [5.41, 5.74) is 1.44. The van der Waals surface area contributed by atoms with E-state index in [9.17, 15) is 21.6 Å². The number of piperidine rings is 1. The Balaban J connectivity index is 1.41. The van der Waals surface area contributed by atoms with Gasteiger partial charge < -0.3 is 0 Å². The van der Waals surface area contributed by atoms with Gasteiger partial charge in [-0.05, 0) is 67.4 Å². The number of hydrogen-bond acceptors (Lipinski definition) is 3. The maximum atomic E-state index is 13.2. The molecule has 0 bridgehead atoms. The van der Waals surface area contributed by atoms with Gasteiger partial charge in [-0.25, -0.2) is 8.42 Å². The molecule has 0 aromatic heterocycles. The maximum Gasteiger partial charge on any atom is 0.416 e. The number of likely N-dealkylation sites (tertiary alicyclic amines) is 1. The van der Waals surface area contributed by atoms with Crippen LogP contribution in [0.1, 0.15) is 24.0 Å². The van der Waals surface area contributed by atoms with Crippen molar-refractivity contribution in [2.24, 2.45) is 0 Å². The number of rotatable bonds is 5. The summed E-state index contributed by atoms with van der Waals surface area (Å²) < 4.78 is 65.2. The highest BCUT2D eigenvalue weighted by molar-refractivity contribution is 7.92. The normalized spacial score (nSPS) is 16.0. The van der Waals surface area contributed by atoms with Crippen molar-refractivity contribution in [3.8, 4) is 11.1 Å². The molecule has 1 aliphatic rings. The van der Waals surface area contributed by atoms with E-state index in [1.807, 2.05) is 4.90 Å². The van der Waals surface area contributed by atoms with Crippen LogP contribution in [0.4, 0.5) is 13.2 Å². The number of halogens is 5. The van der Waals surface area contributed by atoms with Crippen molar-refractivity contribution in [2.45, 2.75) is 35.7 Å². The van der Waals surface area contributed by atoms with Crippen LogP contribution in [-0.4, -0.2) is 31.7 Å². The monoisotopic (exact) mass is 527 g/mol. The zero-order chi connectivity index (χ0) is 24.5. The summed E-state index contributed by atoms with van der Waals surface area (Å²) in [6.07, 6.45) is -3.54. The first-order chi connectivity index (χ1) is 16.0. The van der Waals surface area contributed by atoms with E-state index in [2.05, 4.69) is 0 Å². The van der Waals surface area contributed by atoms with Gasteiger partial charge in [0.15, 0.2) is 9.84 Å². The van der Waals surface area contributed by atoms with Crippen LogP contribution < -0.4 is 0 Å². The van der Waals surface area contributed by atoms with Crippen LogP contribution in [0.25, 0.3) is 11.1 Å². The van der Waals surface area contributed by atoms with Gasteiger partial charge in [-0.1, -0.05) is 59.6 Å². The molecule has 0 saturated carbocycles. The molecule has 180 valence electrons. The van der Waals surface area contributed by atoms with Crippen LogP contribution in [0.2, 0.25) is 10.0 Å². The summed E-state index contributed by atoms with van der Waals surface area (Å²) in [4.78, 5) is 2.24. The van der Waals surface area contributed by atoms with Crippen molar-refractivity contribution < 1.29 is 21.6 Å². The summed E-state index contributed by atoms with van der Waals surface area (Å²) in [5.74, 6) is 0. The summed E-state index contributed by atoms with van der Waals surface area (Å²) in [6.45, 7) is 1.35. The fraction of sp³-hybridized carbons (Fsp3) is 0.280. The van der Waals surface area contributed by atoms with Crippen molar-refractivity contribution in [3.05, 3.63) is 87.9 Å². The molecule has 0 radical (unpaired) electrons. The third kappa shape index (κ3) is 5.60. The number of alkyl halides is 3. The van der Waals surface area contributed by atoms with Crippen molar-refractivity contribution in [3.63, 3.8) is 0 Å². The highest BCUT2D eigenvalue weighted by atomic mass is 35.5. The Labute approximate surface area is 207 Å². The molecular formula is C25H22Cl2F3NO2S. The molecule has 9 heteroatoms. The van der Waals surface area contributed by atoms with Gasteiger partial charge in [-0.3, -0.25) is 4.90 Å². The topological polar surface area (TPSA) is 37.4 Å². The van der Waals surface area contributed by atoms with Crippen LogP contribution in [-0.2, 0) is 22.6 Å². The molecule has 0 spiro atoms. The second-order valence-electron chi connectivity index (χ2n) is 8.37. The Morgan fingerprint density at radius 1 is 0.912 bits per heavy atom. The molecule has 1 heterocycles. The Morgan fingerprint density at radius 3 is 2.21 bits per heavy atom. The Bertz CT molecular complexity index is 1270. The largest absolute Gasteiger partial charge is 0.416 e. The number of sulfone groups is 1. The summed E-state index contributed by atoms with van der Waals surface area (Å²) >= 11 is 12.2. The third-order valence-electron chi connectivity index (χ3n) is 6.06. The quantitative estimate of drug-likeness (QED) is 0.354. The second kappa shape index (κ2) is 9.90. The molecule has 0 atom stereocenters. The number of nitrogens with zero attached hydrogens (tertiary/aromatic N) is 1. The number of benzene rings is 3. The van der Waals surface area contributed by atoms with Gasteiger partial charge in [-0.2, -0.15) is 13.2 Å². The highest BCUT2D eigenvalue weighted by Crippen LogP contribution is 2.33. The molecule has 0 N–H and O–H groups in total. The fourth-order valence-electron chi connectivity index (χ4n) is 4.22. The molecule has 1 fully saturated rings. The fourth-order valence-corrected chi connectivity index (χ4v) is 6.47. The predicted molar refractivity (Wildman–Crippen MR) is 129 cm³/mol. The van der Waals surface area contributed by atoms with Gasteiger partial charge in [0.2, 0.25) is 0 Å². The minimum atomic E-state index is -4.38. The van der Waals surface area contributed by atoms with Crippen LogP contribution in [0.5, 0.6) is 0 Å². The van der Waals surface area contributed by atoms with Crippen molar-refractivity contribution >= 4 is 33.0 Å². The highest BCUT2D eigenvalue weighted by Gasteiger charge is 2.32. The van der Waals surface area contributed by atoms with Gasteiger partial charge in [0.25, 0.3) is 0 Å². The molecule has 34 heavy (non-hydrogen) atoms. The molecule has 0 amide bonds. The van der Waals surface area contributed by atoms with Crippen LogP contribution in [0.15, 0.2) is 71.6 Å². The lowest BCUT2D eigenvalue weighted by molar-refractivity contribution is -0.137. The summed E-state index contributed by atoms with van der Waals surface area (Å²) in [6, 6.07) is 17.0. The Morgan fingerprint density at radius 2 is 1.59 bits per heavy atom. The van der Waals surface area contributed by atoms with Gasteiger partial charge in [0, 0.05) is 22.2 Å². The summed E-state index contributed by atoms with van der Waals surface area (Å²) in [7, 11) is -3.53. The van der Waals surface area contributed by atoms with Crippen molar-refractivity contribution in [1.29, 1.82) is 0 Å². The second-order valence-corrected chi connectivity index (χ2v) is 11.4. The molecule has 3 aromatic rings. The smallest absolute Gasteiger partial charge is 0.299 e. The molecule has 3 nitrogen and oxygen atoms in total. The average molecular weight is 528 g/mol. The Hall–Kier alpha value is -2.06. The molecular weight excluding hydrogens is 506 g/mol. The molecule has 1 saturated heterocycles. The van der Waals surface area contributed by atoms with Crippen molar-refractivity contribution in [1.82, 2.24) is 4.90 Å². The number of hydrogen-bond donors (Lipinski definition) is 0. The van der Waals surface area contributed by atoms with E-state index in [0.717, 1.165) is 23.3 Å². The Kier molecular flexibility index (Phi) is 7.29. The van der Waals surface area contributed by atoms with Gasteiger partial charge in [0.1, 0.15) is 0 Å². The van der Waals surface area contributed by atoms with E-state index in [-0.39, 0.29) is 4.90 Å². The molecule has 3 aromatic carbocycles. The predicted octanol–water partition coefficient (Wildman–Crippen LogP) is 7.12. The molecule has 4 rings (SSSR count). The van der Waals surface area contributed by atoms with Crippen LogP contribution in [0, 0.1) is 0 Å². The first-order valence-electron chi connectivity index (χ1n) is 10.7. The average Bonchev–Trinajstić information content (AvgIpc) is 2.79. The van der Waals surface area contributed by atoms with E-state index >= 15 is 0 Å². The minimum Gasteiger partial charge on any atom is -0.299 e. The lowest BCUT2D eigenvalue weighted by Crippen LogP contribution is -2.38. The van der Waals surface area contributed by atoms with E-state index in [1.54, 1.807) is 48.5 Å². The standard InChI is InChI=1S/C25H22Cl2F3NO2S/c26-20-6-9-23(24(27)15-20)18-4-7-21(8-5-18)34(32,33)22-10-12-31(13-11-22)16-17-2-1-3-19(14-17)25(28,29)30/h1-9,14-15,22H,10-13,16H2. The van der Waals surface area contributed by atoms with E-state index in [4.69, 9.17) is 23.2 Å². The SMILES string of the molecule is O=S(=O)(c1ccc(-c2ccc(Cl)cc2Cl)cc1)C1CCN(Cc2cccc(C(F)(F)F)c2)CC1. The lowest BCUT2D eigenvalue weighted by atomic mass is 10.1. The zero-order valence-corrected chi connectivity index (χ0v) is 20.4. The van der Waals surface area contributed by atoms with Crippen LogP contribution >= 0.6 is 23.2 Å².